The van der Waals surface area contributed by atoms with Crippen molar-refractivity contribution in [2.45, 2.75) is 25.1 Å². The lowest BCUT2D eigenvalue weighted by molar-refractivity contribution is -0.140. The molecule has 0 aliphatic carbocycles. The Balaban J connectivity index is 4.19. The van der Waals surface area contributed by atoms with Crippen molar-refractivity contribution in [1.29, 1.82) is 0 Å². The average molecular weight is 195 g/mol. The number of hydrogen-bond donors (Lipinski definition) is 1. The summed E-state index contributed by atoms with van der Waals surface area (Å²) in [5.74, 6) is -0.701. The van der Waals surface area contributed by atoms with Crippen LogP contribution in [0.25, 0.3) is 0 Å². The number of carboxylic acid groups (broad SMARTS) is 1. The predicted molar refractivity (Wildman–Crippen MR) is 39.8 cm³/mol. The molecule has 3 heteroatoms. The maximum Gasteiger partial charge on any atom is 0.320 e. The second-order valence-corrected chi connectivity index (χ2v) is 4.18. The van der Waals surface area contributed by atoms with Crippen LogP contribution in [0.3, 0.4) is 0 Å². The quantitative estimate of drug-likeness (QED) is 0.683. The lowest BCUT2D eigenvalue weighted by atomic mass is 9.98. The van der Waals surface area contributed by atoms with E-state index in [1.165, 1.54) is 0 Å². The van der Waals surface area contributed by atoms with E-state index in [0.29, 0.717) is 0 Å². The molecule has 0 aliphatic rings. The Morgan fingerprint density at radius 1 is 1.67 bits per heavy atom. The second-order valence-electron chi connectivity index (χ2n) is 2.54. The standard InChI is InChI=1S/C6H11BrO2/c1-4(2)6(3,7)5(8)9/h4H,1-3H3,(H,8,9). The van der Waals surface area contributed by atoms with Crippen molar-refractivity contribution in [3.05, 3.63) is 0 Å². The van der Waals surface area contributed by atoms with Gasteiger partial charge in [-0.3, -0.25) is 4.79 Å². The highest BCUT2D eigenvalue weighted by atomic mass is 79.9. The van der Waals surface area contributed by atoms with E-state index in [9.17, 15) is 4.79 Å². The Labute approximate surface area is 63.4 Å². The Morgan fingerprint density at radius 3 is 2.00 bits per heavy atom. The Hall–Kier alpha value is -0.0500. The molecule has 0 aliphatic heterocycles. The van der Waals surface area contributed by atoms with Gasteiger partial charge in [0.1, 0.15) is 4.32 Å². The maximum absolute atomic E-state index is 10.4. The smallest absolute Gasteiger partial charge is 0.320 e. The van der Waals surface area contributed by atoms with Crippen LogP contribution in [0.2, 0.25) is 0 Å². The highest BCUT2D eigenvalue weighted by Crippen LogP contribution is 2.26. The number of carboxylic acids is 1. The van der Waals surface area contributed by atoms with Crippen LogP contribution < -0.4 is 0 Å². The molecule has 0 spiro atoms. The van der Waals surface area contributed by atoms with Gasteiger partial charge in [-0.2, -0.15) is 0 Å². The zero-order valence-corrected chi connectivity index (χ0v) is 7.40. The van der Waals surface area contributed by atoms with Crippen LogP contribution in [-0.2, 0) is 4.79 Å². The lowest BCUT2D eigenvalue weighted by Crippen LogP contribution is -2.33. The first-order valence-electron chi connectivity index (χ1n) is 2.81. The fourth-order valence-electron chi connectivity index (χ4n) is 0.247. The number of aliphatic carboxylic acids is 1. The van der Waals surface area contributed by atoms with Crippen LogP contribution in [0.5, 0.6) is 0 Å². The van der Waals surface area contributed by atoms with Crippen molar-refractivity contribution in [2.75, 3.05) is 0 Å². The van der Waals surface area contributed by atoms with E-state index < -0.39 is 10.3 Å². The molecule has 0 amide bonds. The first kappa shape index (κ1) is 8.95. The third-order valence-corrected chi connectivity index (χ3v) is 2.76. The number of halogens is 1. The molecular formula is C6H11BrO2. The van der Waals surface area contributed by atoms with Crippen molar-refractivity contribution in [2.24, 2.45) is 5.92 Å². The molecule has 0 bridgehead atoms. The van der Waals surface area contributed by atoms with Crippen LogP contribution in [0.15, 0.2) is 0 Å². The van der Waals surface area contributed by atoms with E-state index in [1.807, 2.05) is 13.8 Å². The van der Waals surface area contributed by atoms with Gasteiger partial charge in [-0.05, 0) is 12.8 Å². The summed E-state index contributed by atoms with van der Waals surface area (Å²) in [5.41, 5.74) is 0. The van der Waals surface area contributed by atoms with Crippen molar-refractivity contribution >= 4 is 21.9 Å². The van der Waals surface area contributed by atoms with E-state index in [-0.39, 0.29) is 5.92 Å². The van der Waals surface area contributed by atoms with Crippen LogP contribution in [-0.4, -0.2) is 15.4 Å². The Kier molecular flexibility index (Phi) is 2.67. The Bertz CT molecular complexity index is 118. The van der Waals surface area contributed by atoms with Crippen LogP contribution >= 0.6 is 15.9 Å². The maximum atomic E-state index is 10.4. The SMILES string of the molecule is CC(C)C(C)(Br)C(=O)O. The monoisotopic (exact) mass is 194 g/mol. The predicted octanol–water partition coefficient (Wildman–Crippen LogP) is 1.88. The summed E-state index contributed by atoms with van der Waals surface area (Å²) in [4.78, 5) is 10.4. The molecule has 0 rings (SSSR count). The van der Waals surface area contributed by atoms with Gasteiger partial charge in [0.25, 0.3) is 0 Å². The van der Waals surface area contributed by atoms with E-state index in [0.717, 1.165) is 0 Å². The summed E-state index contributed by atoms with van der Waals surface area (Å²) in [6.07, 6.45) is 0. The number of carbonyl (C=O) groups is 1. The van der Waals surface area contributed by atoms with Gasteiger partial charge in [0.2, 0.25) is 0 Å². The first-order chi connectivity index (χ1) is 3.89. The summed E-state index contributed by atoms with van der Waals surface area (Å²) in [6, 6.07) is 0. The van der Waals surface area contributed by atoms with E-state index in [4.69, 9.17) is 5.11 Å². The topological polar surface area (TPSA) is 37.3 Å². The molecule has 1 atom stereocenters. The molecule has 0 fully saturated rings. The van der Waals surface area contributed by atoms with Crippen LogP contribution in [0.4, 0.5) is 0 Å². The molecule has 0 saturated heterocycles. The van der Waals surface area contributed by atoms with Crippen LogP contribution in [0, 0.1) is 5.92 Å². The van der Waals surface area contributed by atoms with Gasteiger partial charge in [0, 0.05) is 0 Å². The van der Waals surface area contributed by atoms with Crippen molar-refractivity contribution in [1.82, 2.24) is 0 Å². The minimum atomic E-state index is -0.808. The molecule has 9 heavy (non-hydrogen) atoms. The largest absolute Gasteiger partial charge is 0.480 e. The summed E-state index contributed by atoms with van der Waals surface area (Å²) in [7, 11) is 0. The minimum Gasteiger partial charge on any atom is -0.480 e. The van der Waals surface area contributed by atoms with E-state index >= 15 is 0 Å². The molecule has 0 aromatic heterocycles. The van der Waals surface area contributed by atoms with Gasteiger partial charge >= 0.3 is 5.97 Å². The second kappa shape index (κ2) is 2.69. The molecule has 0 aromatic rings. The molecule has 0 aromatic carbocycles. The van der Waals surface area contributed by atoms with E-state index in [2.05, 4.69) is 15.9 Å². The molecular weight excluding hydrogens is 184 g/mol. The third kappa shape index (κ3) is 1.97. The van der Waals surface area contributed by atoms with Gasteiger partial charge in [-0.1, -0.05) is 29.8 Å². The normalized spacial score (nSPS) is 17.4. The Morgan fingerprint density at radius 2 is 2.00 bits per heavy atom. The van der Waals surface area contributed by atoms with Crippen molar-refractivity contribution < 1.29 is 9.90 Å². The van der Waals surface area contributed by atoms with Gasteiger partial charge < -0.3 is 5.11 Å². The van der Waals surface area contributed by atoms with E-state index in [1.54, 1.807) is 6.92 Å². The minimum absolute atomic E-state index is 0.106. The molecule has 54 valence electrons. The fourth-order valence-corrected chi connectivity index (χ4v) is 0.247. The molecule has 1 unspecified atom stereocenters. The molecule has 0 radical (unpaired) electrons. The third-order valence-electron chi connectivity index (χ3n) is 1.50. The number of hydrogen-bond acceptors (Lipinski definition) is 1. The molecule has 0 heterocycles. The average Bonchev–Trinajstić information content (AvgIpc) is 1.65. The summed E-state index contributed by atoms with van der Waals surface area (Å²) >= 11 is 3.11. The van der Waals surface area contributed by atoms with Crippen molar-refractivity contribution in [3.63, 3.8) is 0 Å². The lowest BCUT2D eigenvalue weighted by Gasteiger charge is -2.20. The molecule has 2 nitrogen and oxygen atoms in total. The zero-order chi connectivity index (χ0) is 7.65. The van der Waals surface area contributed by atoms with Crippen molar-refractivity contribution in [3.8, 4) is 0 Å². The highest BCUT2D eigenvalue weighted by Gasteiger charge is 2.32. The molecule has 1 N–H and O–H groups in total. The molecule has 0 saturated carbocycles. The summed E-state index contributed by atoms with van der Waals surface area (Å²) in [5, 5.41) is 8.56. The number of alkyl halides is 1. The summed E-state index contributed by atoms with van der Waals surface area (Å²) < 4.78 is -0.771. The first-order valence-corrected chi connectivity index (χ1v) is 3.60. The summed E-state index contributed by atoms with van der Waals surface area (Å²) in [6.45, 7) is 5.38. The van der Waals surface area contributed by atoms with Gasteiger partial charge in [0.05, 0.1) is 0 Å². The highest BCUT2D eigenvalue weighted by molar-refractivity contribution is 9.10. The van der Waals surface area contributed by atoms with Gasteiger partial charge in [-0.15, -0.1) is 0 Å². The van der Waals surface area contributed by atoms with Crippen LogP contribution in [0.1, 0.15) is 20.8 Å². The van der Waals surface area contributed by atoms with Gasteiger partial charge in [-0.25, -0.2) is 0 Å². The fraction of sp³-hybridized carbons (Fsp3) is 0.833. The zero-order valence-electron chi connectivity index (χ0n) is 5.81. The van der Waals surface area contributed by atoms with Gasteiger partial charge in [0.15, 0.2) is 0 Å². The number of rotatable bonds is 2.